The molecule has 0 amide bonds. The second-order valence-electron chi connectivity index (χ2n) is 3.64. The molecule has 0 fully saturated rings. The van der Waals surface area contributed by atoms with E-state index in [1.165, 1.54) is 11.1 Å². The first kappa shape index (κ1) is 10.2. The first-order valence-corrected chi connectivity index (χ1v) is 5.40. The molecule has 2 rings (SSSR count). The maximum absolute atomic E-state index is 5.75. The molecular formula is C12H13ClN2. The van der Waals surface area contributed by atoms with Gasteiger partial charge in [0.05, 0.1) is 17.3 Å². The van der Waals surface area contributed by atoms with Gasteiger partial charge >= 0.3 is 0 Å². The SMILES string of the molecule is Cc1ccc(-c2cc(CCl)nn2C)cc1. The second kappa shape index (κ2) is 4.07. The van der Waals surface area contributed by atoms with Crippen LogP contribution in [0.15, 0.2) is 30.3 Å². The van der Waals surface area contributed by atoms with Gasteiger partial charge in [0.15, 0.2) is 0 Å². The van der Waals surface area contributed by atoms with Gasteiger partial charge in [0.25, 0.3) is 0 Å². The van der Waals surface area contributed by atoms with E-state index in [1.807, 2.05) is 17.8 Å². The average Bonchev–Trinajstić information content (AvgIpc) is 2.61. The smallest absolute Gasteiger partial charge is 0.0778 e. The second-order valence-corrected chi connectivity index (χ2v) is 3.91. The number of hydrogen-bond acceptors (Lipinski definition) is 1. The minimum atomic E-state index is 0.458. The van der Waals surface area contributed by atoms with Gasteiger partial charge in [0.1, 0.15) is 0 Å². The Kier molecular flexibility index (Phi) is 2.78. The summed E-state index contributed by atoms with van der Waals surface area (Å²) in [5.41, 5.74) is 4.45. The highest BCUT2D eigenvalue weighted by Gasteiger charge is 2.05. The van der Waals surface area contributed by atoms with Gasteiger partial charge in [-0.3, -0.25) is 4.68 Å². The Labute approximate surface area is 94.5 Å². The molecule has 2 nitrogen and oxygen atoms in total. The van der Waals surface area contributed by atoms with Crippen molar-refractivity contribution in [2.45, 2.75) is 12.8 Å². The Morgan fingerprint density at radius 2 is 1.93 bits per heavy atom. The van der Waals surface area contributed by atoms with E-state index >= 15 is 0 Å². The van der Waals surface area contributed by atoms with Crippen LogP contribution >= 0.6 is 11.6 Å². The zero-order chi connectivity index (χ0) is 10.8. The van der Waals surface area contributed by atoms with E-state index in [2.05, 4.69) is 36.3 Å². The fourth-order valence-corrected chi connectivity index (χ4v) is 1.72. The van der Waals surface area contributed by atoms with Crippen LogP contribution in [0.5, 0.6) is 0 Å². The van der Waals surface area contributed by atoms with E-state index in [1.54, 1.807) is 0 Å². The van der Waals surface area contributed by atoms with E-state index in [9.17, 15) is 0 Å². The monoisotopic (exact) mass is 220 g/mol. The van der Waals surface area contributed by atoms with E-state index < -0.39 is 0 Å². The maximum Gasteiger partial charge on any atom is 0.0778 e. The topological polar surface area (TPSA) is 17.8 Å². The highest BCUT2D eigenvalue weighted by Crippen LogP contribution is 2.20. The van der Waals surface area contributed by atoms with Crippen molar-refractivity contribution in [3.63, 3.8) is 0 Å². The molecule has 0 N–H and O–H groups in total. The minimum absolute atomic E-state index is 0.458. The average molecular weight is 221 g/mol. The molecule has 0 aliphatic carbocycles. The Balaban J connectivity index is 2.44. The molecule has 0 aliphatic rings. The Morgan fingerprint density at radius 1 is 1.27 bits per heavy atom. The minimum Gasteiger partial charge on any atom is -0.268 e. The summed E-state index contributed by atoms with van der Waals surface area (Å²) in [5, 5.41) is 4.31. The predicted molar refractivity (Wildman–Crippen MR) is 62.9 cm³/mol. The summed E-state index contributed by atoms with van der Waals surface area (Å²) in [7, 11) is 1.94. The number of hydrogen-bond donors (Lipinski definition) is 0. The molecule has 0 atom stereocenters. The van der Waals surface area contributed by atoms with Crippen molar-refractivity contribution < 1.29 is 0 Å². The van der Waals surface area contributed by atoms with Crippen molar-refractivity contribution in [1.29, 1.82) is 0 Å². The lowest BCUT2D eigenvalue weighted by molar-refractivity contribution is 0.762. The molecule has 1 aromatic heterocycles. The Hall–Kier alpha value is -1.28. The molecule has 0 aliphatic heterocycles. The third kappa shape index (κ3) is 2.05. The summed E-state index contributed by atoms with van der Waals surface area (Å²) < 4.78 is 1.86. The number of halogens is 1. The number of alkyl halides is 1. The number of rotatable bonds is 2. The quantitative estimate of drug-likeness (QED) is 0.711. The molecule has 2 aromatic rings. The van der Waals surface area contributed by atoms with Gasteiger partial charge in [-0.05, 0) is 18.6 Å². The van der Waals surface area contributed by atoms with Crippen molar-refractivity contribution in [1.82, 2.24) is 9.78 Å². The molecule has 0 saturated carbocycles. The van der Waals surface area contributed by atoms with Crippen LogP contribution in [0.1, 0.15) is 11.3 Å². The van der Waals surface area contributed by atoms with Crippen LogP contribution in [0.3, 0.4) is 0 Å². The van der Waals surface area contributed by atoms with E-state index in [0.717, 1.165) is 11.4 Å². The van der Waals surface area contributed by atoms with E-state index in [4.69, 9.17) is 11.6 Å². The zero-order valence-corrected chi connectivity index (χ0v) is 9.62. The highest BCUT2D eigenvalue weighted by molar-refractivity contribution is 6.16. The highest BCUT2D eigenvalue weighted by atomic mass is 35.5. The lowest BCUT2D eigenvalue weighted by atomic mass is 10.1. The maximum atomic E-state index is 5.75. The summed E-state index contributed by atoms with van der Waals surface area (Å²) in [5.74, 6) is 0.458. The van der Waals surface area contributed by atoms with Crippen LogP contribution in [-0.4, -0.2) is 9.78 Å². The summed E-state index contributed by atoms with van der Waals surface area (Å²) in [6.45, 7) is 2.08. The third-order valence-corrected chi connectivity index (χ3v) is 2.69. The van der Waals surface area contributed by atoms with Crippen LogP contribution in [0, 0.1) is 6.92 Å². The van der Waals surface area contributed by atoms with Gasteiger partial charge in [-0.15, -0.1) is 11.6 Å². The van der Waals surface area contributed by atoms with Crippen molar-refractivity contribution in [3.8, 4) is 11.3 Å². The van der Waals surface area contributed by atoms with Gasteiger partial charge in [-0.2, -0.15) is 5.10 Å². The van der Waals surface area contributed by atoms with Crippen molar-refractivity contribution in [2.75, 3.05) is 0 Å². The van der Waals surface area contributed by atoms with Gasteiger partial charge in [-0.25, -0.2) is 0 Å². The standard InChI is InChI=1S/C12H13ClN2/c1-9-3-5-10(6-4-9)12-7-11(8-13)14-15(12)2/h3-7H,8H2,1-2H3. The molecule has 1 heterocycles. The van der Waals surface area contributed by atoms with Crippen molar-refractivity contribution >= 4 is 11.6 Å². The fourth-order valence-electron chi connectivity index (χ4n) is 1.59. The Morgan fingerprint density at radius 3 is 2.47 bits per heavy atom. The molecule has 1 aromatic carbocycles. The summed E-state index contributed by atoms with van der Waals surface area (Å²) >= 11 is 5.75. The largest absolute Gasteiger partial charge is 0.268 e. The molecule has 0 saturated heterocycles. The molecule has 78 valence electrons. The normalized spacial score (nSPS) is 10.6. The number of aryl methyl sites for hydroxylation is 2. The van der Waals surface area contributed by atoms with Crippen molar-refractivity contribution in [2.24, 2.45) is 7.05 Å². The van der Waals surface area contributed by atoms with E-state index in [0.29, 0.717) is 5.88 Å². The summed E-state index contributed by atoms with van der Waals surface area (Å²) in [6.07, 6.45) is 0. The van der Waals surface area contributed by atoms with Crippen LogP contribution in [0.25, 0.3) is 11.3 Å². The molecule has 0 unspecified atom stereocenters. The van der Waals surface area contributed by atoms with Crippen molar-refractivity contribution in [3.05, 3.63) is 41.6 Å². The summed E-state index contributed by atoms with van der Waals surface area (Å²) in [6, 6.07) is 10.4. The van der Waals surface area contributed by atoms with Crippen LogP contribution < -0.4 is 0 Å². The molecule has 0 bridgehead atoms. The van der Waals surface area contributed by atoms with Gasteiger partial charge in [0, 0.05) is 7.05 Å². The van der Waals surface area contributed by atoms with E-state index in [-0.39, 0.29) is 0 Å². The van der Waals surface area contributed by atoms with Gasteiger partial charge in [-0.1, -0.05) is 29.8 Å². The first-order chi connectivity index (χ1) is 7.20. The molecule has 0 spiro atoms. The summed E-state index contributed by atoms with van der Waals surface area (Å²) in [4.78, 5) is 0. The third-order valence-electron chi connectivity index (χ3n) is 2.41. The number of aromatic nitrogens is 2. The van der Waals surface area contributed by atoms with Gasteiger partial charge < -0.3 is 0 Å². The van der Waals surface area contributed by atoms with Gasteiger partial charge in [0.2, 0.25) is 0 Å². The predicted octanol–water partition coefficient (Wildman–Crippen LogP) is 3.13. The fraction of sp³-hybridized carbons (Fsp3) is 0.250. The van der Waals surface area contributed by atoms with Crippen LogP contribution in [0.2, 0.25) is 0 Å². The lowest BCUT2D eigenvalue weighted by Crippen LogP contribution is -1.93. The Bertz CT molecular complexity index is 457. The zero-order valence-electron chi connectivity index (χ0n) is 8.87. The lowest BCUT2D eigenvalue weighted by Gasteiger charge is -2.01. The van der Waals surface area contributed by atoms with Crippen LogP contribution in [-0.2, 0) is 12.9 Å². The molecule has 15 heavy (non-hydrogen) atoms. The number of benzene rings is 1. The number of nitrogens with zero attached hydrogens (tertiary/aromatic N) is 2. The van der Waals surface area contributed by atoms with Crippen LogP contribution in [0.4, 0.5) is 0 Å². The molecule has 3 heteroatoms. The molecule has 0 radical (unpaired) electrons. The molecular weight excluding hydrogens is 208 g/mol. The first-order valence-electron chi connectivity index (χ1n) is 4.86.